The third-order valence-electron chi connectivity index (χ3n) is 5.36. The minimum atomic E-state index is -4.85. The number of nitrogens with zero attached hydrogens (tertiary/aromatic N) is 3. The van der Waals surface area contributed by atoms with Crippen molar-refractivity contribution in [2.24, 2.45) is 13.0 Å². The van der Waals surface area contributed by atoms with Crippen molar-refractivity contribution in [3.63, 3.8) is 0 Å². The minimum Gasteiger partial charge on any atom is -0.452 e. The van der Waals surface area contributed by atoms with Crippen molar-refractivity contribution in [2.45, 2.75) is 52.4 Å². The third-order valence-corrected chi connectivity index (χ3v) is 5.36. The Morgan fingerprint density at radius 3 is 2.50 bits per heavy atom. The van der Waals surface area contributed by atoms with Gasteiger partial charge in [-0.15, -0.1) is 13.2 Å². The van der Waals surface area contributed by atoms with Gasteiger partial charge in [-0.2, -0.15) is 0 Å². The zero-order valence-electron chi connectivity index (χ0n) is 19.3. The lowest BCUT2D eigenvalue weighted by atomic mass is 10.1. The highest BCUT2D eigenvalue weighted by atomic mass is 19.4. The lowest BCUT2D eigenvalue weighted by Gasteiger charge is -2.27. The fraction of sp³-hybridized carbons (Fsp3) is 0.545. The van der Waals surface area contributed by atoms with Crippen LogP contribution in [0.15, 0.2) is 33.9 Å². The van der Waals surface area contributed by atoms with Gasteiger partial charge in [-0.1, -0.05) is 19.9 Å². The summed E-state index contributed by atoms with van der Waals surface area (Å²) in [7, 11) is 1.51. The van der Waals surface area contributed by atoms with Crippen LogP contribution >= 0.6 is 0 Å². The number of nitrogens with one attached hydrogen (secondary N) is 1. The number of hydrogen-bond donors (Lipinski definition) is 2. The summed E-state index contributed by atoms with van der Waals surface area (Å²) in [6.45, 7) is 4.43. The van der Waals surface area contributed by atoms with Gasteiger partial charge in [0.2, 0.25) is 0 Å². The summed E-state index contributed by atoms with van der Waals surface area (Å²) in [6.07, 6.45) is -3.95. The van der Waals surface area contributed by atoms with Crippen molar-refractivity contribution in [1.29, 1.82) is 0 Å². The van der Waals surface area contributed by atoms with Crippen molar-refractivity contribution >= 4 is 11.5 Å². The monoisotopic (exact) mass is 486 g/mol. The van der Waals surface area contributed by atoms with E-state index in [2.05, 4.69) is 23.9 Å². The number of fused-ring (bicyclic) bond motifs is 1. The van der Waals surface area contributed by atoms with E-state index < -0.39 is 29.7 Å². The molecule has 34 heavy (non-hydrogen) atoms. The Morgan fingerprint density at radius 1 is 1.15 bits per heavy atom. The molecule has 9 nitrogen and oxygen atoms in total. The van der Waals surface area contributed by atoms with E-state index in [4.69, 9.17) is 9.84 Å². The number of hydrogen-bond acceptors (Lipinski definition) is 7. The van der Waals surface area contributed by atoms with E-state index in [9.17, 15) is 22.8 Å². The molecule has 1 aliphatic rings. The van der Waals surface area contributed by atoms with Crippen LogP contribution in [0.2, 0.25) is 0 Å². The standard InChI is InChI=1S/C22H29F3N4O5/c1-14(2)7-5-10-28-17-18(27(3)21(32)29(19(17)31)11-6-12-30)26-20(28)33-15-8-4-9-16(13-15)34-22(23,24)25/h4,8-9,13-14,20,26,30H,5-7,10-12H2,1-3H3. The van der Waals surface area contributed by atoms with E-state index in [1.165, 1.54) is 23.7 Å². The van der Waals surface area contributed by atoms with Crippen LogP contribution in [0.3, 0.4) is 0 Å². The molecule has 1 atom stereocenters. The summed E-state index contributed by atoms with van der Waals surface area (Å²) in [4.78, 5) is 27.6. The van der Waals surface area contributed by atoms with Crippen LogP contribution < -0.4 is 30.9 Å². The van der Waals surface area contributed by atoms with Gasteiger partial charge >= 0.3 is 12.1 Å². The van der Waals surface area contributed by atoms with E-state index in [1.54, 1.807) is 4.90 Å². The van der Waals surface area contributed by atoms with Crippen molar-refractivity contribution in [3.05, 3.63) is 45.1 Å². The van der Waals surface area contributed by atoms with Crippen molar-refractivity contribution < 1.29 is 27.8 Å². The van der Waals surface area contributed by atoms with Gasteiger partial charge in [-0.3, -0.25) is 13.9 Å². The van der Waals surface area contributed by atoms with Gasteiger partial charge in [-0.25, -0.2) is 4.79 Å². The van der Waals surface area contributed by atoms with Crippen LogP contribution in [-0.4, -0.2) is 40.1 Å². The summed E-state index contributed by atoms with van der Waals surface area (Å²) in [6, 6.07) is 5.09. The lowest BCUT2D eigenvalue weighted by Crippen LogP contribution is -2.44. The van der Waals surface area contributed by atoms with Gasteiger partial charge in [0.05, 0.1) is 0 Å². The molecule has 2 heterocycles. The van der Waals surface area contributed by atoms with Crippen LogP contribution in [0.4, 0.5) is 24.7 Å². The predicted molar refractivity (Wildman–Crippen MR) is 120 cm³/mol. The highest BCUT2D eigenvalue weighted by Crippen LogP contribution is 2.33. The van der Waals surface area contributed by atoms with Crippen LogP contribution in [0.25, 0.3) is 0 Å². The number of aliphatic hydroxyl groups is 1. The third kappa shape index (κ3) is 5.85. The van der Waals surface area contributed by atoms with Crippen molar-refractivity contribution in [2.75, 3.05) is 23.4 Å². The lowest BCUT2D eigenvalue weighted by molar-refractivity contribution is -0.274. The molecule has 1 aliphatic heterocycles. The first-order valence-electron chi connectivity index (χ1n) is 11.0. The van der Waals surface area contributed by atoms with E-state index in [0.29, 0.717) is 12.5 Å². The zero-order valence-corrected chi connectivity index (χ0v) is 19.3. The summed E-state index contributed by atoms with van der Waals surface area (Å²) < 4.78 is 50.1. The Kier molecular flexibility index (Phi) is 7.80. The molecule has 0 amide bonds. The maximum Gasteiger partial charge on any atom is 0.573 e. The second-order valence-electron chi connectivity index (χ2n) is 8.44. The molecule has 0 spiro atoms. The summed E-state index contributed by atoms with van der Waals surface area (Å²) >= 11 is 0. The number of anilines is 2. The molecule has 188 valence electrons. The summed E-state index contributed by atoms with van der Waals surface area (Å²) in [5.41, 5.74) is -0.839. The molecule has 1 aromatic heterocycles. The van der Waals surface area contributed by atoms with Gasteiger partial charge in [0.25, 0.3) is 11.9 Å². The Balaban J connectivity index is 1.96. The Bertz CT molecular complexity index is 1110. The van der Waals surface area contributed by atoms with E-state index in [0.717, 1.165) is 29.5 Å². The number of rotatable bonds is 10. The predicted octanol–water partition coefficient (Wildman–Crippen LogP) is 2.86. The normalized spacial score (nSPS) is 15.4. The molecule has 0 fully saturated rings. The molecule has 12 heteroatoms. The van der Waals surface area contributed by atoms with E-state index in [-0.39, 0.29) is 36.8 Å². The summed E-state index contributed by atoms with van der Waals surface area (Å²) in [5, 5.41) is 12.2. The second-order valence-corrected chi connectivity index (χ2v) is 8.44. The van der Waals surface area contributed by atoms with Gasteiger partial charge in [0.1, 0.15) is 23.0 Å². The molecule has 1 aromatic carbocycles. The topological polar surface area (TPSA) is 98.0 Å². The second kappa shape index (κ2) is 10.4. The number of aliphatic hydroxyl groups excluding tert-OH is 1. The van der Waals surface area contributed by atoms with Crippen molar-refractivity contribution in [3.8, 4) is 11.5 Å². The van der Waals surface area contributed by atoms with E-state index in [1.807, 2.05) is 0 Å². The van der Waals surface area contributed by atoms with Crippen molar-refractivity contribution in [1.82, 2.24) is 9.13 Å². The maximum absolute atomic E-state index is 13.2. The largest absolute Gasteiger partial charge is 0.573 e. The van der Waals surface area contributed by atoms with E-state index >= 15 is 0 Å². The number of halogens is 3. The highest BCUT2D eigenvalue weighted by Gasteiger charge is 2.36. The molecule has 2 aromatic rings. The summed E-state index contributed by atoms with van der Waals surface area (Å²) in [5.74, 6) is 0.330. The molecule has 0 bridgehead atoms. The fourth-order valence-electron chi connectivity index (χ4n) is 3.78. The molecule has 1 unspecified atom stereocenters. The van der Waals surface area contributed by atoms with Crippen LogP contribution in [0.1, 0.15) is 33.1 Å². The quantitative estimate of drug-likeness (QED) is 0.533. The molecule has 3 rings (SSSR count). The average molecular weight is 486 g/mol. The number of aromatic nitrogens is 2. The first-order chi connectivity index (χ1) is 16.0. The molecular formula is C22H29F3N4O5. The first-order valence-corrected chi connectivity index (χ1v) is 11.0. The van der Waals surface area contributed by atoms with Crippen LogP contribution in [0.5, 0.6) is 11.5 Å². The molecule has 0 radical (unpaired) electrons. The number of benzene rings is 1. The van der Waals surface area contributed by atoms with Gasteiger partial charge in [0, 0.05) is 32.8 Å². The molecule has 0 saturated carbocycles. The fourth-order valence-corrected chi connectivity index (χ4v) is 3.78. The molecule has 2 N–H and O–H groups in total. The zero-order chi connectivity index (χ0) is 25.0. The molecular weight excluding hydrogens is 457 g/mol. The van der Waals surface area contributed by atoms with Gasteiger partial charge in [-0.05, 0) is 37.3 Å². The Morgan fingerprint density at radius 2 is 1.85 bits per heavy atom. The minimum absolute atomic E-state index is 0.0530. The Labute approximate surface area is 194 Å². The highest BCUT2D eigenvalue weighted by molar-refractivity contribution is 5.71. The maximum atomic E-state index is 13.2. The first kappa shape index (κ1) is 25.5. The Hall–Kier alpha value is -3.15. The number of ether oxygens (including phenoxy) is 2. The molecule has 0 saturated heterocycles. The van der Waals surface area contributed by atoms with Crippen LogP contribution in [0, 0.1) is 5.92 Å². The number of alkyl halides is 3. The smallest absolute Gasteiger partial charge is 0.452 e. The van der Waals surface area contributed by atoms with Gasteiger partial charge in [0.15, 0.2) is 0 Å². The average Bonchev–Trinajstić information content (AvgIpc) is 3.09. The van der Waals surface area contributed by atoms with Crippen LogP contribution in [-0.2, 0) is 13.6 Å². The SMILES string of the molecule is CC(C)CCCN1c2c(n(C)c(=O)n(CCCO)c2=O)NC1Oc1cccc(OC(F)(F)F)c1. The van der Waals surface area contributed by atoms with Gasteiger partial charge < -0.3 is 24.8 Å². The molecule has 0 aliphatic carbocycles.